The fraction of sp³-hybridized carbons (Fsp3) is 0.448. The average molecular weight is 667 g/mol. The van der Waals surface area contributed by atoms with Gasteiger partial charge in [-0.25, -0.2) is 15.0 Å². The molecule has 2 aliphatic heterocycles. The van der Waals surface area contributed by atoms with E-state index in [-0.39, 0.29) is 47.4 Å². The number of nitrogens with one attached hydrogen (secondary N) is 2. The topological polar surface area (TPSA) is 125 Å². The molecule has 0 unspecified atom stereocenters. The highest BCUT2D eigenvalue weighted by Crippen LogP contribution is 2.44. The molecule has 0 radical (unpaired) electrons. The number of alkyl halides is 6. The predicted octanol–water partition coefficient (Wildman–Crippen LogP) is 5.06. The number of hydrogen-bond acceptors (Lipinski definition) is 11. The third-order valence-corrected chi connectivity index (χ3v) is 7.67. The molecule has 1 saturated heterocycles. The molecule has 0 saturated carbocycles. The Morgan fingerprint density at radius 1 is 1.13 bits per heavy atom. The van der Waals surface area contributed by atoms with Crippen LogP contribution in [0.4, 0.5) is 61.1 Å². The van der Waals surface area contributed by atoms with Crippen LogP contribution in [0.2, 0.25) is 0 Å². The number of nitrogens with zero attached hydrogens (tertiary/aromatic N) is 8. The van der Waals surface area contributed by atoms with Crippen LogP contribution >= 0.6 is 0 Å². The molecule has 18 heteroatoms. The Kier molecular flexibility index (Phi) is 8.91. The van der Waals surface area contributed by atoms with Gasteiger partial charge in [-0.2, -0.15) is 36.3 Å². The zero-order chi connectivity index (χ0) is 34.3. The number of halogens is 6. The van der Waals surface area contributed by atoms with Crippen molar-refractivity contribution >= 4 is 40.7 Å². The molecule has 47 heavy (non-hydrogen) atoms. The molecule has 252 valence electrons. The van der Waals surface area contributed by atoms with Gasteiger partial charge >= 0.3 is 12.4 Å². The van der Waals surface area contributed by atoms with Crippen LogP contribution in [0.3, 0.4) is 0 Å². The number of anilines is 6. The maximum Gasteiger partial charge on any atom is 0.433 e. The molecular weight excluding hydrogens is 634 g/mol. The first-order valence-corrected chi connectivity index (χ1v) is 14.4. The van der Waals surface area contributed by atoms with Crippen molar-refractivity contribution in [3.05, 3.63) is 48.6 Å². The molecule has 0 bridgehead atoms. The summed E-state index contributed by atoms with van der Waals surface area (Å²) in [6.45, 7) is 6.47. The number of carbonyl (C=O) groups excluding carboxylic acids is 1. The largest absolute Gasteiger partial charge is 0.466 e. The minimum Gasteiger partial charge on any atom is -0.466 e. The molecule has 2 aliphatic rings. The summed E-state index contributed by atoms with van der Waals surface area (Å²) in [5.74, 6) is -0.898. The molecule has 0 spiro atoms. The lowest BCUT2D eigenvalue weighted by atomic mass is 9.91. The minimum atomic E-state index is -4.69. The van der Waals surface area contributed by atoms with Gasteiger partial charge < -0.3 is 30.1 Å². The van der Waals surface area contributed by atoms with Crippen molar-refractivity contribution in [3.63, 3.8) is 0 Å². The molecule has 1 fully saturated rings. The van der Waals surface area contributed by atoms with E-state index in [1.54, 1.807) is 18.7 Å². The first kappa shape index (κ1) is 33.6. The number of likely N-dealkylation sites (N-methyl/N-ethyl adjacent to an activating group) is 1. The highest BCUT2D eigenvalue weighted by atomic mass is 19.4. The molecule has 1 atom stereocenters. The van der Waals surface area contributed by atoms with Gasteiger partial charge in [-0.1, -0.05) is 20.4 Å². The van der Waals surface area contributed by atoms with E-state index in [4.69, 9.17) is 4.74 Å². The van der Waals surface area contributed by atoms with Crippen LogP contribution in [0, 0.1) is 0 Å². The van der Waals surface area contributed by atoms with Crippen molar-refractivity contribution in [1.29, 1.82) is 0 Å². The Hall–Kier alpha value is -4.74. The lowest BCUT2D eigenvalue weighted by Crippen LogP contribution is -2.32. The number of amides is 1. The highest BCUT2D eigenvalue weighted by Gasteiger charge is 2.42. The molecule has 3 aromatic rings. The van der Waals surface area contributed by atoms with E-state index in [2.05, 4.69) is 42.1 Å². The van der Waals surface area contributed by atoms with Crippen LogP contribution in [0.15, 0.2) is 37.2 Å². The van der Waals surface area contributed by atoms with Gasteiger partial charge in [-0.05, 0) is 44.8 Å². The summed E-state index contributed by atoms with van der Waals surface area (Å²) in [6, 6.07) is 3.65. The summed E-state index contributed by atoms with van der Waals surface area (Å²) in [7, 11) is 3.82. The van der Waals surface area contributed by atoms with E-state index in [9.17, 15) is 31.1 Å². The Morgan fingerprint density at radius 2 is 1.87 bits per heavy atom. The molecule has 0 aromatic carbocycles. The van der Waals surface area contributed by atoms with Gasteiger partial charge in [0.05, 0.1) is 17.1 Å². The molecule has 5 heterocycles. The number of carbonyl (C=O) groups is 1. The molecule has 5 rings (SSSR count). The van der Waals surface area contributed by atoms with Crippen LogP contribution in [0.5, 0.6) is 5.88 Å². The maximum atomic E-state index is 13.4. The summed E-state index contributed by atoms with van der Waals surface area (Å²) in [6.07, 6.45) is -6.39. The summed E-state index contributed by atoms with van der Waals surface area (Å²) in [4.78, 5) is 38.7. The van der Waals surface area contributed by atoms with Crippen LogP contribution in [-0.4, -0.2) is 88.3 Å². The minimum absolute atomic E-state index is 0.0465. The normalized spacial score (nSPS) is 17.6. The third-order valence-electron chi connectivity index (χ3n) is 7.67. The maximum absolute atomic E-state index is 13.4. The van der Waals surface area contributed by atoms with E-state index >= 15 is 0 Å². The second-order valence-corrected chi connectivity index (χ2v) is 11.9. The summed E-state index contributed by atoms with van der Waals surface area (Å²) >= 11 is 0. The number of ether oxygens (including phenoxy) is 1. The second-order valence-electron chi connectivity index (χ2n) is 11.9. The first-order chi connectivity index (χ1) is 21.9. The van der Waals surface area contributed by atoms with Crippen molar-refractivity contribution in [2.24, 2.45) is 0 Å². The van der Waals surface area contributed by atoms with Crippen molar-refractivity contribution in [3.8, 4) is 5.88 Å². The van der Waals surface area contributed by atoms with Gasteiger partial charge in [-0.3, -0.25) is 4.79 Å². The van der Waals surface area contributed by atoms with E-state index in [1.165, 1.54) is 12.1 Å². The smallest absolute Gasteiger partial charge is 0.433 e. The number of aromatic nitrogens is 5. The number of pyridine rings is 2. The number of fused-ring (bicyclic) bond motifs is 1. The Bertz CT molecular complexity index is 1660. The Labute approximate surface area is 265 Å². The van der Waals surface area contributed by atoms with Crippen molar-refractivity contribution < 1.29 is 35.9 Å². The van der Waals surface area contributed by atoms with Gasteiger partial charge in [0.15, 0.2) is 12.4 Å². The van der Waals surface area contributed by atoms with Gasteiger partial charge in [0.1, 0.15) is 17.7 Å². The zero-order valence-electron chi connectivity index (χ0n) is 25.9. The van der Waals surface area contributed by atoms with Crippen LogP contribution < -0.4 is 25.2 Å². The lowest BCUT2D eigenvalue weighted by Gasteiger charge is -2.25. The van der Waals surface area contributed by atoms with E-state index in [1.807, 2.05) is 23.9 Å². The van der Waals surface area contributed by atoms with Crippen molar-refractivity contribution in [2.45, 2.75) is 44.1 Å². The average Bonchev–Trinajstić information content (AvgIpc) is 3.59. The predicted molar refractivity (Wildman–Crippen MR) is 161 cm³/mol. The monoisotopic (exact) mass is 666 g/mol. The molecule has 0 aliphatic carbocycles. The Balaban J connectivity index is 1.52. The van der Waals surface area contributed by atoms with Crippen LogP contribution in [0.25, 0.3) is 0 Å². The summed E-state index contributed by atoms with van der Waals surface area (Å²) in [5, 5.41) is 5.47. The van der Waals surface area contributed by atoms with Crippen molar-refractivity contribution in [1.82, 2.24) is 29.8 Å². The van der Waals surface area contributed by atoms with E-state index in [0.717, 1.165) is 24.9 Å². The fourth-order valence-electron chi connectivity index (χ4n) is 5.37. The van der Waals surface area contributed by atoms with Gasteiger partial charge in [0.2, 0.25) is 23.7 Å². The van der Waals surface area contributed by atoms with Gasteiger partial charge in [-0.15, -0.1) is 0 Å². The van der Waals surface area contributed by atoms with Gasteiger partial charge in [0.25, 0.3) is 0 Å². The molecule has 2 N–H and O–H groups in total. The molecule has 3 aromatic heterocycles. The standard InChI is InChI=1S/C29H32F6N10O2/c1-6-21(46)38-17-11-18(24(47-14-28(30,31)32)41-23(17)44-10-9-16(12-44)43(4)5)39-25-36-15-37-26(42-25)45-13-27(2,3)22-19(45)7-8-20(40-22)29(33,34)35/h6-8,11,15-16H,1,9-10,12-14H2,2-5H3,(H,38,46)(H,36,37,39,42)/t16-/m1/s1. The van der Waals surface area contributed by atoms with Crippen LogP contribution in [0.1, 0.15) is 31.7 Å². The third kappa shape index (κ3) is 7.47. The SMILES string of the molecule is C=CC(=O)Nc1cc(Nc2ncnc(N3CC(C)(C)c4nc(C(F)(F)F)ccc43)n2)c(OCC(F)(F)F)nc1N1CC[C@@H](N(C)C)C1. The number of hydrogen-bond donors (Lipinski definition) is 2. The first-order valence-electron chi connectivity index (χ1n) is 14.4. The van der Waals surface area contributed by atoms with E-state index < -0.39 is 41.9 Å². The summed E-state index contributed by atoms with van der Waals surface area (Å²) < 4.78 is 85.1. The zero-order valence-corrected chi connectivity index (χ0v) is 25.9. The Morgan fingerprint density at radius 3 is 2.51 bits per heavy atom. The second kappa shape index (κ2) is 12.5. The highest BCUT2D eigenvalue weighted by molar-refractivity contribution is 6.01. The fourth-order valence-corrected chi connectivity index (χ4v) is 5.37. The number of rotatable bonds is 9. The van der Waals surface area contributed by atoms with Crippen molar-refractivity contribution in [2.75, 3.05) is 60.8 Å². The molecular formula is C29H32F6N10O2. The molecule has 1 amide bonds. The van der Waals surface area contributed by atoms with Crippen LogP contribution in [-0.2, 0) is 16.4 Å². The summed E-state index contributed by atoms with van der Waals surface area (Å²) in [5.41, 5.74) is -1.21. The van der Waals surface area contributed by atoms with Gasteiger partial charge in [0, 0.05) is 31.1 Å². The van der Waals surface area contributed by atoms with E-state index in [0.29, 0.717) is 18.8 Å². The lowest BCUT2D eigenvalue weighted by molar-refractivity contribution is -0.154. The molecule has 12 nitrogen and oxygen atoms in total. The quantitative estimate of drug-likeness (QED) is 0.235.